The predicted octanol–water partition coefficient (Wildman–Crippen LogP) is 1.41. The van der Waals surface area contributed by atoms with E-state index in [1.165, 1.54) is 11.3 Å². The molecule has 5 nitrogen and oxygen atoms in total. The molecule has 13 heavy (non-hydrogen) atoms. The van der Waals surface area contributed by atoms with Crippen LogP contribution in [-0.2, 0) is 0 Å². The van der Waals surface area contributed by atoms with Crippen LogP contribution in [0.2, 0.25) is 0 Å². The Labute approximate surface area is 80.6 Å². The second-order valence-corrected chi connectivity index (χ2v) is 3.81. The average Bonchev–Trinajstić information content (AvgIpc) is 2.52. The molecule has 72 valence electrons. The highest BCUT2D eigenvalue weighted by Gasteiger charge is 2.08. The maximum absolute atomic E-state index is 10.9. The molecule has 2 amide bonds. The van der Waals surface area contributed by atoms with Gasteiger partial charge in [-0.05, 0) is 0 Å². The lowest BCUT2D eigenvalue weighted by molar-refractivity contribution is 0.254. The molecule has 0 atom stereocenters. The Balaban J connectivity index is 2.64. The number of carbonyl (C=O) groups excluding carboxylic acids is 1. The second kappa shape index (κ2) is 4.18. The highest BCUT2D eigenvalue weighted by Crippen LogP contribution is 2.21. The van der Waals surface area contributed by atoms with Gasteiger partial charge in [-0.25, -0.2) is 4.79 Å². The SMILES string of the molecule is CNC(=O)Nc1nnc(C(C)C)s1. The zero-order chi connectivity index (χ0) is 9.84. The van der Waals surface area contributed by atoms with E-state index in [1.54, 1.807) is 7.05 Å². The minimum absolute atomic E-state index is 0.272. The summed E-state index contributed by atoms with van der Waals surface area (Å²) in [5.41, 5.74) is 0. The molecule has 0 aromatic carbocycles. The number of urea groups is 1. The smallest absolute Gasteiger partial charge is 0.320 e. The lowest BCUT2D eigenvalue weighted by Crippen LogP contribution is -2.24. The van der Waals surface area contributed by atoms with Crippen LogP contribution in [0.15, 0.2) is 0 Å². The third kappa shape index (κ3) is 2.66. The van der Waals surface area contributed by atoms with Gasteiger partial charge in [0.1, 0.15) is 5.01 Å². The van der Waals surface area contributed by atoms with Crippen molar-refractivity contribution in [1.82, 2.24) is 15.5 Å². The van der Waals surface area contributed by atoms with Crippen molar-refractivity contribution in [3.05, 3.63) is 5.01 Å². The van der Waals surface area contributed by atoms with Gasteiger partial charge in [0.05, 0.1) is 0 Å². The molecule has 1 aromatic rings. The van der Waals surface area contributed by atoms with Crippen LogP contribution < -0.4 is 10.6 Å². The van der Waals surface area contributed by atoms with Crippen LogP contribution >= 0.6 is 11.3 Å². The molecule has 0 spiro atoms. The molecular formula is C7H12N4OS. The summed E-state index contributed by atoms with van der Waals surface area (Å²) in [5.74, 6) is 0.345. The summed E-state index contributed by atoms with van der Waals surface area (Å²) in [4.78, 5) is 10.9. The maximum Gasteiger partial charge on any atom is 0.320 e. The molecule has 0 fully saturated rings. The summed E-state index contributed by atoms with van der Waals surface area (Å²) < 4.78 is 0. The van der Waals surface area contributed by atoms with Gasteiger partial charge >= 0.3 is 6.03 Å². The lowest BCUT2D eigenvalue weighted by Gasteiger charge is -1.97. The molecular weight excluding hydrogens is 188 g/mol. The highest BCUT2D eigenvalue weighted by atomic mass is 32.1. The molecule has 0 bridgehead atoms. The van der Waals surface area contributed by atoms with Crippen molar-refractivity contribution in [2.45, 2.75) is 19.8 Å². The first-order valence-electron chi connectivity index (χ1n) is 3.95. The summed E-state index contributed by atoms with van der Waals surface area (Å²) >= 11 is 1.39. The maximum atomic E-state index is 10.9. The molecule has 0 aliphatic carbocycles. The third-order valence-corrected chi connectivity index (χ3v) is 2.52. The Hall–Kier alpha value is -1.17. The summed E-state index contributed by atoms with van der Waals surface area (Å²) in [6, 6.07) is -0.272. The van der Waals surface area contributed by atoms with Crippen LogP contribution in [0.4, 0.5) is 9.93 Å². The number of rotatable bonds is 2. The molecule has 0 radical (unpaired) electrons. The quantitative estimate of drug-likeness (QED) is 0.758. The fraction of sp³-hybridized carbons (Fsp3) is 0.571. The van der Waals surface area contributed by atoms with Crippen molar-refractivity contribution < 1.29 is 4.79 Å². The molecule has 0 aliphatic rings. The summed E-state index contributed by atoms with van der Waals surface area (Å²) in [5, 5.41) is 14.2. The largest absolute Gasteiger partial charge is 0.341 e. The van der Waals surface area contributed by atoms with E-state index >= 15 is 0 Å². The van der Waals surface area contributed by atoms with E-state index in [1.807, 2.05) is 13.8 Å². The first-order chi connectivity index (χ1) is 6.13. The van der Waals surface area contributed by atoms with Crippen molar-refractivity contribution >= 4 is 22.5 Å². The summed E-state index contributed by atoms with van der Waals surface area (Å²) in [7, 11) is 1.56. The van der Waals surface area contributed by atoms with Crippen LogP contribution in [-0.4, -0.2) is 23.3 Å². The van der Waals surface area contributed by atoms with Gasteiger partial charge < -0.3 is 5.32 Å². The molecule has 1 rings (SSSR count). The summed E-state index contributed by atoms with van der Waals surface area (Å²) in [6.07, 6.45) is 0. The van der Waals surface area contributed by atoms with Crippen LogP contribution in [0.5, 0.6) is 0 Å². The van der Waals surface area contributed by atoms with Crippen molar-refractivity contribution in [3.8, 4) is 0 Å². The molecule has 2 N–H and O–H groups in total. The Morgan fingerprint density at radius 3 is 2.62 bits per heavy atom. The van der Waals surface area contributed by atoms with E-state index in [9.17, 15) is 4.79 Å². The average molecular weight is 200 g/mol. The normalized spacial score (nSPS) is 10.2. The van der Waals surface area contributed by atoms with Crippen molar-refractivity contribution in [2.75, 3.05) is 12.4 Å². The Morgan fingerprint density at radius 2 is 2.15 bits per heavy atom. The Morgan fingerprint density at radius 1 is 1.46 bits per heavy atom. The Kier molecular flexibility index (Phi) is 3.18. The molecule has 0 saturated heterocycles. The number of nitrogens with one attached hydrogen (secondary N) is 2. The first kappa shape index (κ1) is 9.91. The number of amides is 2. The van der Waals surface area contributed by atoms with E-state index in [4.69, 9.17) is 0 Å². The molecule has 0 aliphatic heterocycles. The number of anilines is 1. The van der Waals surface area contributed by atoms with Gasteiger partial charge in [-0.15, -0.1) is 10.2 Å². The van der Waals surface area contributed by atoms with Gasteiger partial charge in [-0.3, -0.25) is 5.32 Å². The van der Waals surface area contributed by atoms with Gasteiger partial charge in [0.15, 0.2) is 0 Å². The van der Waals surface area contributed by atoms with Crippen molar-refractivity contribution in [3.63, 3.8) is 0 Å². The second-order valence-electron chi connectivity index (χ2n) is 2.80. The van der Waals surface area contributed by atoms with Crippen LogP contribution in [0.25, 0.3) is 0 Å². The lowest BCUT2D eigenvalue weighted by atomic mass is 10.2. The number of hydrogen-bond acceptors (Lipinski definition) is 4. The van der Waals surface area contributed by atoms with Gasteiger partial charge in [0, 0.05) is 13.0 Å². The topological polar surface area (TPSA) is 66.9 Å². The van der Waals surface area contributed by atoms with Crippen LogP contribution in [0.1, 0.15) is 24.8 Å². The van der Waals surface area contributed by atoms with Gasteiger partial charge in [-0.1, -0.05) is 25.2 Å². The number of aromatic nitrogens is 2. The molecule has 6 heteroatoms. The van der Waals surface area contributed by atoms with E-state index in [0.29, 0.717) is 11.0 Å². The zero-order valence-electron chi connectivity index (χ0n) is 7.79. The predicted molar refractivity (Wildman–Crippen MR) is 52.1 cm³/mol. The standard InChI is InChI=1S/C7H12N4OS/c1-4(2)5-10-11-7(13-5)9-6(12)8-3/h4H,1-3H3,(H2,8,9,11,12). The fourth-order valence-electron chi connectivity index (χ4n) is 0.678. The number of hydrogen-bond donors (Lipinski definition) is 2. The molecule has 0 saturated carbocycles. The molecule has 0 unspecified atom stereocenters. The van der Waals surface area contributed by atoms with E-state index < -0.39 is 0 Å². The summed E-state index contributed by atoms with van der Waals surface area (Å²) in [6.45, 7) is 4.06. The van der Waals surface area contributed by atoms with Crippen LogP contribution in [0.3, 0.4) is 0 Å². The Bertz CT molecular complexity index is 296. The molecule has 1 heterocycles. The minimum Gasteiger partial charge on any atom is -0.341 e. The van der Waals surface area contributed by atoms with Gasteiger partial charge in [0.2, 0.25) is 5.13 Å². The van der Waals surface area contributed by atoms with Gasteiger partial charge in [-0.2, -0.15) is 0 Å². The molecule has 1 aromatic heterocycles. The van der Waals surface area contributed by atoms with E-state index in [0.717, 1.165) is 5.01 Å². The first-order valence-corrected chi connectivity index (χ1v) is 4.77. The third-order valence-electron chi connectivity index (χ3n) is 1.38. The van der Waals surface area contributed by atoms with Gasteiger partial charge in [0.25, 0.3) is 0 Å². The zero-order valence-corrected chi connectivity index (χ0v) is 8.60. The van der Waals surface area contributed by atoms with Crippen LogP contribution in [0, 0.1) is 0 Å². The highest BCUT2D eigenvalue weighted by molar-refractivity contribution is 7.15. The minimum atomic E-state index is -0.272. The fourth-order valence-corrected chi connectivity index (χ4v) is 1.42. The number of nitrogens with zero attached hydrogens (tertiary/aromatic N) is 2. The van der Waals surface area contributed by atoms with Crippen molar-refractivity contribution in [1.29, 1.82) is 0 Å². The van der Waals surface area contributed by atoms with E-state index in [2.05, 4.69) is 20.8 Å². The van der Waals surface area contributed by atoms with E-state index in [-0.39, 0.29) is 6.03 Å². The van der Waals surface area contributed by atoms with Crippen molar-refractivity contribution in [2.24, 2.45) is 0 Å². The monoisotopic (exact) mass is 200 g/mol. The number of carbonyl (C=O) groups is 1.